The number of ether oxygens (including phenoxy) is 7. The SMILES string of the molecule is COc1cc(/C=C2\Oc3c(ccc(OCc4cc(Br)cc5c4OCOC5)c3C)C2=O)cc(OC)c1OC. The van der Waals surface area contributed by atoms with E-state index < -0.39 is 0 Å². The van der Waals surface area contributed by atoms with Crippen molar-refractivity contribution in [3.8, 4) is 34.5 Å². The molecule has 0 saturated heterocycles. The van der Waals surface area contributed by atoms with Crippen molar-refractivity contribution in [3.05, 3.63) is 74.4 Å². The number of carbonyl (C=O) groups excluding carboxylic acids is 1. The molecule has 192 valence electrons. The third-order valence-corrected chi connectivity index (χ3v) is 6.61. The van der Waals surface area contributed by atoms with Gasteiger partial charge in [0.05, 0.1) is 33.5 Å². The summed E-state index contributed by atoms with van der Waals surface area (Å²) in [6, 6.07) is 10.9. The van der Waals surface area contributed by atoms with Gasteiger partial charge in [-0.25, -0.2) is 0 Å². The van der Waals surface area contributed by atoms with Crippen LogP contribution in [-0.4, -0.2) is 33.9 Å². The zero-order valence-corrected chi connectivity index (χ0v) is 22.4. The van der Waals surface area contributed by atoms with Crippen molar-refractivity contribution in [2.24, 2.45) is 0 Å². The quantitative estimate of drug-likeness (QED) is 0.328. The first-order chi connectivity index (χ1) is 17.9. The van der Waals surface area contributed by atoms with E-state index in [1.54, 1.807) is 30.3 Å². The summed E-state index contributed by atoms with van der Waals surface area (Å²) in [6.45, 7) is 2.83. The molecule has 0 N–H and O–H groups in total. The molecular weight excluding hydrogens is 544 g/mol. The lowest BCUT2D eigenvalue weighted by Gasteiger charge is -2.21. The zero-order chi connectivity index (χ0) is 26.1. The van der Waals surface area contributed by atoms with Crippen LogP contribution in [0, 0.1) is 6.92 Å². The highest BCUT2D eigenvalue weighted by atomic mass is 79.9. The number of Topliss-reactive ketones (excluding diaryl/α,β-unsaturated/α-hetero) is 1. The fraction of sp³-hybridized carbons (Fsp3) is 0.250. The molecule has 2 heterocycles. The molecule has 3 aromatic carbocycles. The fourth-order valence-corrected chi connectivity index (χ4v) is 4.93. The highest BCUT2D eigenvalue weighted by Crippen LogP contribution is 2.42. The Labute approximate surface area is 222 Å². The smallest absolute Gasteiger partial charge is 0.231 e. The molecule has 0 bridgehead atoms. The number of rotatable bonds is 7. The number of benzene rings is 3. The summed E-state index contributed by atoms with van der Waals surface area (Å²) in [4.78, 5) is 13.1. The predicted octanol–water partition coefficient (Wildman–Crippen LogP) is 5.85. The molecule has 0 unspecified atom stereocenters. The molecular formula is C28H25BrO8. The van der Waals surface area contributed by atoms with Gasteiger partial charge in [0.2, 0.25) is 11.5 Å². The van der Waals surface area contributed by atoms with E-state index in [9.17, 15) is 4.79 Å². The zero-order valence-electron chi connectivity index (χ0n) is 20.8. The van der Waals surface area contributed by atoms with Crippen LogP contribution in [-0.2, 0) is 18.0 Å². The second-order valence-corrected chi connectivity index (χ2v) is 9.33. The summed E-state index contributed by atoms with van der Waals surface area (Å²) < 4.78 is 40.4. The Morgan fingerprint density at radius 1 is 0.973 bits per heavy atom. The molecule has 0 spiro atoms. The summed E-state index contributed by atoms with van der Waals surface area (Å²) in [6.07, 6.45) is 1.65. The molecule has 0 atom stereocenters. The Kier molecular flexibility index (Phi) is 6.99. The largest absolute Gasteiger partial charge is 0.493 e. The van der Waals surface area contributed by atoms with Gasteiger partial charge in [0.1, 0.15) is 23.9 Å². The van der Waals surface area contributed by atoms with E-state index in [0.717, 1.165) is 26.9 Å². The molecule has 9 heteroatoms. The van der Waals surface area contributed by atoms with Gasteiger partial charge in [-0.1, -0.05) is 15.9 Å². The maximum atomic E-state index is 13.1. The first kappa shape index (κ1) is 25.0. The number of hydrogen-bond donors (Lipinski definition) is 0. The molecule has 5 rings (SSSR count). The van der Waals surface area contributed by atoms with E-state index >= 15 is 0 Å². The van der Waals surface area contributed by atoms with Crippen LogP contribution in [0.5, 0.6) is 34.5 Å². The molecule has 2 aliphatic heterocycles. The Bertz CT molecular complexity index is 1390. The lowest BCUT2D eigenvalue weighted by atomic mass is 10.1. The fourth-order valence-electron chi connectivity index (χ4n) is 4.38. The summed E-state index contributed by atoms with van der Waals surface area (Å²) >= 11 is 3.54. The standard InChI is InChI=1S/C28H25BrO8/c1-15-21(35-13-18-11-19(29)10-17-12-34-14-36-27(17)18)6-5-20-25(30)22(37-26(15)20)7-16-8-23(31-2)28(33-4)24(9-16)32-3/h5-11H,12-14H2,1-4H3/b22-7-. The minimum atomic E-state index is -0.215. The number of allylic oxidation sites excluding steroid dienone is 1. The van der Waals surface area contributed by atoms with Gasteiger partial charge >= 0.3 is 0 Å². The van der Waals surface area contributed by atoms with Crippen LogP contribution in [0.15, 0.2) is 46.6 Å². The van der Waals surface area contributed by atoms with Crippen molar-refractivity contribution in [2.75, 3.05) is 28.1 Å². The minimum absolute atomic E-state index is 0.194. The average molecular weight is 569 g/mol. The Morgan fingerprint density at radius 3 is 2.43 bits per heavy atom. The Morgan fingerprint density at radius 2 is 1.73 bits per heavy atom. The summed E-state index contributed by atoms with van der Waals surface area (Å²) in [5.41, 5.74) is 3.73. The normalized spacial score (nSPS) is 14.9. The van der Waals surface area contributed by atoms with Crippen molar-refractivity contribution in [1.29, 1.82) is 0 Å². The van der Waals surface area contributed by atoms with Crippen molar-refractivity contribution in [1.82, 2.24) is 0 Å². The third kappa shape index (κ3) is 4.72. The molecule has 3 aromatic rings. The van der Waals surface area contributed by atoms with E-state index in [1.807, 2.05) is 19.1 Å². The van der Waals surface area contributed by atoms with E-state index in [2.05, 4.69) is 15.9 Å². The lowest BCUT2D eigenvalue weighted by molar-refractivity contribution is -0.0176. The van der Waals surface area contributed by atoms with Gasteiger partial charge in [0.25, 0.3) is 0 Å². The maximum Gasteiger partial charge on any atom is 0.231 e. The second kappa shape index (κ2) is 10.4. The molecule has 0 amide bonds. The molecule has 0 saturated carbocycles. The molecule has 0 aliphatic carbocycles. The molecule has 37 heavy (non-hydrogen) atoms. The monoisotopic (exact) mass is 568 g/mol. The number of ketones is 1. The Hall–Kier alpha value is -3.69. The average Bonchev–Trinajstić information content (AvgIpc) is 3.22. The van der Waals surface area contributed by atoms with Gasteiger partial charge in [0, 0.05) is 21.2 Å². The van der Waals surface area contributed by atoms with Gasteiger partial charge in [-0.15, -0.1) is 0 Å². The van der Waals surface area contributed by atoms with Crippen LogP contribution < -0.4 is 28.4 Å². The van der Waals surface area contributed by atoms with Crippen molar-refractivity contribution in [2.45, 2.75) is 20.1 Å². The van der Waals surface area contributed by atoms with E-state index in [0.29, 0.717) is 46.5 Å². The number of hydrogen-bond acceptors (Lipinski definition) is 8. The summed E-state index contributed by atoms with van der Waals surface area (Å²) in [5.74, 6) is 3.27. The molecule has 2 aliphatic rings. The van der Waals surface area contributed by atoms with Crippen molar-refractivity contribution >= 4 is 27.8 Å². The van der Waals surface area contributed by atoms with Crippen LogP contribution in [0.25, 0.3) is 6.08 Å². The first-order valence-electron chi connectivity index (χ1n) is 11.5. The second-order valence-electron chi connectivity index (χ2n) is 8.42. The number of methoxy groups -OCH3 is 3. The highest BCUT2D eigenvalue weighted by molar-refractivity contribution is 9.10. The molecule has 8 nitrogen and oxygen atoms in total. The highest BCUT2D eigenvalue weighted by Gasteiger charge is 2.30. The van der Waals surface area contributed by atoms with Gasteiger partial charge in [-0.05, 0) is 55.0 Å². The minimum Gasteiger partial charge on any atom is -0.493 e. The topological polar surface area (TPSA) is 81.7 Å². The molecule has 0 fully saturated rings. The third-order valence-electron chi connectivity index (χ3n) is 6.16. The van der Waals surface area contributed by atoms with Crippen molar-refractivity contribution in [3.63, 3.8) is 0 Å². The van der Waals surface area contributed by atoms with Gasteiger partial charge in [-0.3, -0.25) is 4.79 Å². The number of fused-ring (bicyclic) bond motifs is 2. The lowest BCUT2D eigenvalue weighted by Crippen LogP contribution is -2.14. The molecule has 0 radical (unpaired) electrons. The van der Waals surface area contributed by atoms with E-state index in [-0.39, 0.29) is 24.9 Å². The Balaban J connectivity index is 1.40. The number of carbonyl (C=O) groups is 1. The van der Waals surface area contributed by atoms with Crippen LogP contribution in [0.2, 0.25) is 0 Å². The van der Waals surface area contributed by atoms with E-state index in [4.69, 9.17) is 33.2 Å². The maximum absolute atomic E-state index is 13.1. The van der Waals surface area contributed by atoms with Gasteiger partial charge in [-0.2, -0.15) is 0 Å². The van der Waals surface area contributed by atoms with Gasteiger partial charge < -0.3 is 33.2 Å². The van der Waals surface area contributed by atoms with Crippen LogP contribution in [0.3, 0.4) is 0 Å². The van der Waals surface area contributed by atoms with Gasteiger partial charge in [0.15, 0.2) is 24.1 Å². The van der Waals surface area contributed by atoms with E-state index in [1.165, 1.54) is 21.3 Å². The van der Waals surface area contributed by atoms with Crippen LogP contribution >= 0.6 is 15.9 Å². The predicted molar refractivity (Wildman–Crippen MR) is 139 cm³/mol. The van der Waals surface area contributed by atoms with Crippen LogP contribution in [0.4, 0.5) is 0 Å². The van der Waals surface area contributed by atoms with Crippen LogP contribution in [0.1, 0.15) is 32.6 Å². The number of halogens is 1. The summed E-state index contributed by atoms with van der Waals surface area (Å²) in [7, 11) is 4.61. The summed E-state index contributed by atoms with van der Waals surface area (Å²) in [5, 5.41) is 0. The van der Waals surface area contributed by atoms with Crippen molar-refractivity contribution < 1.29 is 38.0 Å². The molecule has 0 aromatic heterocycles. The first-order valence-corrected chi connectivity index (χ1v) is 12.2.